The number of carbonyl (C=O) groups excluding carboxylic acids is 1. The second-order valence-corrected chi connectivity index (χ2v) is 6.66. The minimum absolute atomic E-state index is 0.00900. The number of amides is 1. The van der Waals surface area contributed by atoms with E-state index in [-0.39, 0.29) is 11.9 Å². The molecule has 27 heavy (non-hydrogen) atoms. The van der Waals surface area contributed by atoms with Crippen molar-refractivity contribution in [3.63, 3.8) is 0 Å². The maximum atomic E-state index is 13.0. The van der Waals surface area contributed by atoms with Gasteiger partial charge in [-0.2, -0.15) is 0 Å². The van der Waals surface area contributed by atoms with Crippen LogP contribution in [0.1, 0.15) is 40.7 Å². The largest absolute Gasteiger partial charge is 0.372 e. The normalized spacial score (nSPS) is 16.5. The van der Waals surface area contributed by atoms with E-state index in [9.17, 15) is 4.79 Å². The molecule has 3 aromatic rings. The lowest BCUT2D eigenvalue weighted by molar-refractivity contribution is 0.0714. The molecule has 0 radical (unpaired) electrons. The lowest BCUT2D eigenvalue weighted by Crippen LogP contribution is -2.30. The van der Waals surface area contributed by atoms with Crippen LogP contribution in [0.2, 0.25) is 0 Å². The van der Waals surface area contributed by atoms with Gasteiger partial charge in [0.1, 0.15) is 5.82 Å². The van der Waals surface area contributed by atoms with E-state index in [1.54, 1.807) is 7.05 Å². The van der Waals surface area contributed by atoms with E-state index in [4.69, 9.17) is 4.52 Å². The molecule has 1 N–H and O–H groups in total. The number of aromatic nitrogens is 3. The van der Waals surface area contributed by atoms with Gasteiger partial charge >= 0.3 is 0 Å². The minimum atomic E-state index is -0.0432. The summed E-state index contributed by atoms with van der Waals surface area (Å²) >= 11 is 0. The van der Waals surface area contributed by atoms with Gasteiger partial charge in [-0.3, -0.25) is 4.79 Å². The highest BCUT2D eigenvalue weighted by Crippen LogP contribution is 2.33. The van der Waals surface area contributed by atoms with Gasteiger partial charge in [-0.05, 0) is 44.0 Å². The van der Waals surface area contributed by atoms with Gasteiger partial charge in [-0.15, -0.1) is 10.2 Å². The van der Waals surface area contributed by atoms with Gasteiger partial charge < -0.3 is 14.7 Å². The Hall–Kier alpha value is -3.22. The van der Waals surface area contributed by atoms with E-state index in [0.29, 0.717) is 11.4 Å². The molecule has 1 amide bonds. The Labute approximate surface area is 157 Å². The monoisotopic (exact) mass is 363 g/mol. The third-order valence-corrected chi connectivity index (χ3v) is 4.84. The second kappa shape index (κ2) is 7.19. The summed E-state index contributed by atoms with van der Waals surface area (Å²) in [6, 6.07) is 13.1. The highest BCUT2D eigenvalue weighted by molar-refractivity contribution is 5.95. The Bertz CT molecular complexity index is 934. The molecule has 0 spiro atoms. The number of aryl methyl sites for hydroxylation is 1. The number of benzene rings is 1. The summed E-state index contributed by atoms with van der Waals surface area (Å²) in [7, 11) is 1.80. The number of nitrogens with one attached hydrogen (secondary N) is 1. The fourth-order valence-electron chi connectivity index (χ4n) is 3.41. The van der Waals surface area contributed by atoms with E-state index in [2.05, 4.69) is 20.7 Å². The molecule has 7 nitrogen and oxygen atoms in total. The smallest absolute Gasteiger partial charge is 0.254 e. The predicted octanol–water partition coefficient (Wildman–Crippen LogP) is 3.46. The van der Waals surface area contributed by atoms with E-state index in [0.717, 1.165) is 42.1 Å². The molecule has 0 bridgehead atoms. The fourth-order valence-corrected chi connectivity index (χ4v) is 3.41. The molecule has 4 rings (SSSR count). The zero-order chi connectivity index (χ0) is 18.8. The van der Waals surface area contributed by atoms with Gasteiger partial charge in [-0.1, -0.05) is 17.3 Å². The highest BCUT2D eigenvalue weighted by Gasteiger charge is 2.33. The number of hydrogen-bond donors (Lipinski definition) is 1. The summed E-state index contributed by atoms with van der Waals surface area (Å²) in [5, 5.41) is 15.2. The van der Waals surface area contributed by atoms with E-state index in [1.165, 1.54) is 0 Å². The van der Waals surface area contributed by atoms with Crippen LogP contribution in [0.5, 0.6) is 0 Å². The molecule has 138 valence electrons. The number of carbonyl (C=O) groups is 1. The van der Waals surface area contributed by atoms with E-state index in [1.807, 2.05) is 54.3 Å². The number of anilines is 1. The first-order valence-electron chi connectivity index (χ1n) is 9.02. The molecular weight excluding hydrogens is 342 g/mol. The fraction of sp³-hybridized carbons (Fsp3) is 0.300. The molecular formula is C20H21N5O2. The predicted molar refractivity (Wildman–Crippen MR) is 101 cm³/mol. The van der Waals surface area contributed by atoms with Crippen molar-refractivity contribution < 1.29 is 9.32 Å². The van der Waals surface area contributed by atoms with Crippen LogP contribution in [0.4, 0.5) is 5.82 Å². The number of likely N-dealkylation sites (tertiary alicyclic amines) is 1. The number of hydrogen-bond acceptors (Lipinski definition) is 6. The number of rotatable bonds is 4. The second-order valence-electron chi connectivity index (χ2n) is 6.66. The van der Waals surface area contributed by atoms with Gasteiger partial charge in [0.25, 0.3) is 5.91 Å². The van der Waals surface area contributed by atoms with Crippen molar-refractivity contribution in [2.45, 2.75) is 25.8 Å². The van der Waals surface area contributed by atoms with Crippen LogP contribution in [-0.4, -0.2) is 39.8 Å². The Balaban J connectivity index is 1.53. The molecule has 1 aromatic carbocycles. The van der Waals surface area contributed by atoms with E-state index < -0.39 is 0 Å². The molecule has 7 heteroatoms. The molecule has 0 saturated carbocycles. The Kier molecular flexibility index (Phi) is 4.58. The molecule has 0 aliphatic carbocycles. The van der Waals surface area contributed by atoms with Crippen LogP contribution >= 0.6 is 0 Å². The summed E-state index contributed by atoms with van der Waals surface area (Å²) in [5.74, 6) is 1.48. The Morgan fingerprint density at radius 1 is 1.19 bits per heavy atom. The van der Waals surface area contributed by atoms with Crippen LogP contribution < -0.4 is 5.32 Å². The van der Waals surface area contributed by atoms with Crippen LogP contribution in [-0.2, 0) is 0 Å². The molecule has 1 aliphatic rings. The average Bonchev–Trinajstić information content (AvgIpc) is 3.36. The number of nitrogens with zero attached hydrogens (tertiary/aromatic N) is 4. The maximum absolute atomic E-state index is 13.0. The van der Waals surface area contributed by atoms with Crippen LogP contribution in [0, 0.1) is 6.92 Å². The Morgan fingerprint density at radius 2 is 2.00 bits per heavy atom. The summed E-state index contributed by atoms with van der Waals surface area (Å²) in [6.45, 7) is 2.61. The standard InChI is InChI=1S/C20H21N5O2/c1-13-12-18(27-24-13)17-4-3-11-25(17)20(26)15-7-5-14(6-8-15)16-9-10-19(21-2)23-22-16/h5-10,12,17H,3-4,11H2,1-2H3,(H,21,23)/t17-/m0/s1. The topological polar surface area (TPSA) is 84.2 Å². The van der Waals surface area contributed by atoms with Crippen molar-refractivity contribution in [2.75, 3.05) is 18.9 Å². The molecule has 1 atom stereocenters. The van der Waals surface area contributed by atoms with Crippen molar-refractivity contribution in [2.24, 2.45) is 0 Å². The van der Waals surface area contributed by atoms with E-state index >= 15 is 0 Å². The van der Waals surface area contributed by atoms with Crippen molar-refractivity contribution in [1.29, 1.82) is 0 Å². The van der Waals surface area contributed by atoms with Gasteiger partial charge in [0.15, 0.2) is 5.76 Å². The SMILES string of the molecule is CNc1ccc(-c2ccc(C(=O)N3CCC[C@H]3c3cc(C)no3)cc2)nn1. The lowest BCUT2D eigenvalue weighted by atomic mass is 10.1. The van der Waals surface area contributed by atoms with Gasteiger partial charge in [0.05, 0.1) is 17.4 Å². The van der Waals surface area contributed by atoms with Crippen molar-refractivity contribution in [1.82, 2.24) is 20.3 Å². The summed E-state index contributed by atoms with van der Waals surface area (Å²) in [5.41, 5.74) is 3.18. The lowest BCUT2D eigenvalue weighted by Gasteiger charge is -2.22. The van der Waals surface area contributed by atoms with Crippen molar-refractivity contribution in [3.05, 3.63) is 59.5 Å². The molecule has 3 heterocycles. The van der Waals surface area contributed by atoms with Crippen LogP contribution in [0.15, 0.2) is 47.0 Å². The Morgan fingerprint density at radius 3 is 2.63 bits per heavy atom. The zero-order valence-corrected chi connectivity index (χ0v) is 15.3. The third kappa shape index (κ3) is 3.40. The summed E-state index contributed by atoms with van der Waals surface area (Å²) < 4.78 is 5.40. The van der Waals surface area contributed by atoms with Crippen LogP contribution in [0.25, 0.3) is 11.3 Å². The highest BCUT2D eigenvalue weighted by atomic mass is 16.5. The van der Waals surface area contributed by atoms with Gasteiger partial charge in [-0.25, -0.2) is 0 Å². The van der Waals surface area contributed by atoms with Crippen LogP contribution in [0.3, 0.4) is 0 Å². The van der Waals surface area contributed by atoms with Crippen molar-refractivity contribution in [3.8, 4) is 11.3 Å². The quantitative estimate of drug-likeness (QED) is 0.764. The van der Waals surface area contributed by atoms with Gasteiger partial charge in [0, 0.05) is 30.8 Å². The zero-order valence-electron chi connectivity index (χ0n) is 15.3. The minimum Gasteiger partial charge on any atom is -0.372 e. The molecule has 1 aliphatic heterocycles. The summed E-state index contributed by atoms with van der Waals surface area (Å²) in [6.07, 6.45) is 1.85. The first-order chi connectivity index (χ1) is 13.2. The average molecular weight is 363 g/mol. The first kappa shape index (κ1) is 17.2. The third-order valence-electron chi connectivity index (χ3n) is 4.84. The first-order valence-corrected chi connectivity index (χ1v) is 9.02. The summed E-state index contributed by atoms with van der Waals surface area (Å²) in [4.78, 5) is 14.9. The van der Waals surface area contributed by atoms with Crippen molar-refractivity contribution >= 4 is 11.7 Å². The van der Waals surface area contributed by atoms with Gasteiger partial charge in [0.2, 0.25) is 0 Å². The molecule has 0 unspecified atom stereocenters. The molecule has 1 saturated heterocycles. The molecule has 1 fully saturated rings. The maximum Gasteiger partial charge on any atom is 0.254 e. The molecule has 2 aromatic heterocycles.